The summed E-state index contributed by atoms with van der Waals surface area (Å²) in [5, 5.41) is 0. The Hall–Kier alpha value is -1.85. The van der Waals surface area contributed by atoms with Gasteiger partial charge < -0.3 is 4.90 Å². The molecule has 1 heterocycles. The molecular weight excluding hydrogens is 344 g/mol. The Morgan fingerprint density at radius 2 is 1.81 bits per heavy atom. The van der Waals surface area contributed by atoms with E-state index in [-0.39, 0.29) is 0 Å². The second kappa shape index (κ2) is 8.23. The Labute approximate surface area is 157 Å². The van der Waals surface area contributed by atoms with Gasteiger partial charge in [0, 0.05) is 25.3 Å². The molecule has 4 nitrogen and oxygen atoms in total. The first-order valence-electron chi connectivity index (χ1n) is 9.39. The van der Waals surface area contributed by atoms with Gasteiger partial charge in [-0.3, -0.25) is 0 Å². The minimum absolute atomic E-state index is 0.337. The van der Waals surface area contributed by atoms with Crippen molar-refractivity contribution >= 4 is 15.7 Å². The Morgan fingerprint density at radius 3 is 2.46 bits per heavy atom. The normalized spacial score (nSPS) is 18.8. The van der Waals surface area contributed by atoms with Gasteiger partial charge >= 0.3 is 0 Å². The zero-order valence-electron chi connectivity index (χ0n) is 15.6. The van der Waals surface area contributed by atoms with E-state index in [4.69, 9.17) is 0 Å². The number of benzene rings is 2. The molecule has 1 aliphatic heterocycles. The van der Waals surface area contributed by atoms with Gasteiger partial charge in [-0.25, -0.2) is 13.1 Å². The van der Waals surface area contributed by atoms with Crippen LogP contribution >= 0.6 is 0 Å². The third-order valence-corrected chi connectivity index (χ3v) is 6.78. The summed E-state index contributed by atoms with van der Waals surface area (Å²) < 4.78 is 27.9. The summed E-state index contributed by atoms with van der Waals surface area (Å²) in [7, 11) is -3.45. The molecule has 0 saturated carbocycles. The fraction of sp³-hybridized carbons (Fsp3) is 0.429. The van der Waals surface area contributed by atoms with Gasteiger partial charge in [-0.1, -0.05) is 44.2 Å². The van der Waals surface area contributed by atoms with E-state index in [1.165, 1.54) is 11.3 Å². The van der Waals surface area contributed by atoms with Crippen LogP contribution < -0.4 is 9.62 Å². The van der Waals surface area contributed by atoms with Crippen molar-refractivity contribution < 1.29 is 8.42 Å². The fourth-order valence-corrected chi connectivity index (χ4v) is 4.51. The van der Waals surface area contributed by atoms with Gasteiger partial charge in [0.1, 0.15) is 0 Å². The lowest BCUT2D eigenvalue weighted by Gasteiger charge is -2.18. The highest BCUT2D eigenvalue weighted by atomic mass is 32.2. The van der Waals surface area contributed by atoms with Gasteiger partial charge in [0.25, 0.3) is 0 Å². The lowest BCUT2D eigenvalue weighted by atomic mass is 9.99. The predicted molar refractivity (Wildman–Crippen MR) is 107 cm³/mol. The third kappa shape index (κ3) is 4.46. The van der Waals surface area contributed by atoms with Crippen molar-refractivity contribution in [2.45, 2.75) is 37.5 Å². The molecule has 26 heavy (non-hydrogen) atoms. The zero-order chi connectivity index (χ0) is 18.6. The fourth-order valence-electron chi connectivity index (χ4n) is 3.39. The molecular formula is C21H28N2O2S. The van der Waals surface area contributed by atoms with E-state index in [2.05, 4.69) is 35.6 Å². The summed E-state index contributed by atoms with van der Waals surface area (Å²) in [5.41, 5.74) is 2.39. The van der Waals surface area contributed by atoms with E-state index in [1.807, 2.05) is 30.3 Å². The number of nitrogens with zero attached hydrogens (tertiary/aromatic N) is 1. The summed E-state index contributed by atoms with van der Waals surface area (Å²) >= 11 is 0. The smallest absolute Gasteiger partial charge is 0.240 e. The number of sulfonamides is 1. The highest BCUT2D eigenvalue weighted by molar-refractivity contribution is 7.89. The number of hydrogen-bond donors (Lipinski definition) is 1. The van der Waals surface area contributed by atoms with Crippen molar-refractivity contribution in [3.05, 3.63) is 60.2 Å². The highest BCUT2D eigenvalue weighted by Gasteiger charge is 2.24. The van der Waals surface area contributed by atoms with Crippen LogP contribution in [0.15, 0.2) is 59.5 Å². The molecule has 2 atom stereocenters. The number of anilines is 1. The van der Waals surface area contributed by atoms with Crippen molar-refractivity contribution in [1.82, 2.24) is 4.72 Å². The standard InChI is InChI=1S/C21H28N2O2S/c1-3-17(2)19-9-11-21(12-10-19)26(24,25)22-15-18-13-14-23(16-18)20-7-5-4-6-8-20/h4-12,17-18,22H,3,13-16H2,1-2H3. The van der Waals surface area contributed by atoms with Crippen LogP contribution in [0.25, 0.3) is 0 Å². The first kappa shape index (κ1) is 18.9. The molecule has 1 saturated heterocycles. The van der Waals surface area contributed by atoms with Crippen LogP contribution in [0.5, 0.6) is 0 Å². The van der Waals surface area contributed by atoms with Gasteiger partial charge in [-0.05, 0) is 54.5 Å². The van der Waals surface area contributed by atoms with Gasteiger partial charge in [-0.15, -0.1) is 0 Å². The lowest BCUT2D eigenvalue weighted by Crippen LogP contribution is -2.31. The number of nitrogens with one attached hydrogen (secondary N) is 1. The Balaban J connectivity index is 1.57. The molecule has 0 amide bonds. The molecule has 140 valence electrons. The van der Waals surface area contributed by atoms with Crippen LogP contribution in [0, 0.1) is 5.92 Å². The minimum Gasteiger partial charge on any atom is -0.371 e. The first-order chi connectivity index (χ1) is 12.5. The molecule has 3 rings (SSSR count). The van der Waals surface area contributed by atoms with Crippen LogP contribution in [0.3, 0.4) is 0 Å². The Bertz CT molecular complexity index is 804. The van der Waals surface area contributed by atoms with Crippen molar-refractivity contribution in [2.75, 3.05) is 24.5 Å². The van der Waals surface area contributed by atoms with E-state index in [9.17, 15) is 8.42 Å². The van der Waals surface area contributed by atoms with Crippen molar-refractivity contribution in [3.8, 4) is 0 Å². The van der Waals surface area contributed by atoms with E-state index >= 15 is 0 Å². The van der Waals surface area contributed by atoms with Crippen molar-refractivity contribution in [2.24, 2.45) is 5.92 Å². The highest BCUT2D eigenvalue weighted by Crippen LogP contribution is 2.24. The monoisotopic (exact) mass is 372 g/mol. The molecule has 2 unspecified atom stereocenters. The first-order valence-corrected chi connectivity index (χ1v) is 10.9. The van der Waals surface area contributed by atoms with Gasteiger partial charge in [0.15, 0.2) is 0 Å². The summed E-state index contributed by atoms with van der Waals surface area (Å²) in [6.07, 6.45) is 2.05. The van der Waals surface area contributed by atoms with Gasteiger partial charge in [0.2, 0.25) is 10.0 Å². The maximum Gasteiger partial charge on any atom is 0.240 e. The van der Waals surface area contributed by atoms with Crippen LogP contribution in [0.4, 0.5) is 5.69 Å². The summed E-state index contributed by atoms with van der Waals surface area (Å²) in [4.78, 5) is 2.67. The predicted octanol–water partition coefficient (Wildman–Crippen LogP) is 4.00. The van der Waals surface area contributed by atoms with Crippen LogP contribution in [-0.2, 0) is 10.0 Å². The second-order valence-corrected chi connectivity index (χ2v) is 8.93. The molecule has 1 fully saturated rings. The molecule has 1 N–H and O–H groups in total. The number of para-hydroxylation sites is 1. The average Bonchev–Trinajstić information content (AvgIpc) is 3.16. The van der Waals surface area contributed by atoms with E-state index in [0.29, 0.717) is 23.3 Å². The van der Waals surface area contributed by atoms with Crippen molar-refractivity contribution in [3.63, 3.8) is 0 Å². The van der Waals surface area contributed by atoms with E-state index < -0.39 is 10.0 Å². The van der Waals surface area contributed by atoms with Crippen LogP contribution in [0.1, 0.15) is 38.2 Å². The molecule has 0 aromatic heterocycles. The molecule has 0 spiro atoms. The number of rotatable bonds is 7. The molecule has 5 heteroatoms. The molecule has 1 aliphatic rings. The third-order valence-electron chi connectivity index (χ3n) is 5.34. The maximum absolute atomic E-state index is 12.6. The lowest BCUT2D eigenvalue weighted by molar-refractivity contribution is 0.541. The van der Waals surface area contributed by atoms with Gasteiger partial charge in [0.05, 0.1) is 4.90 Å². The quantitative estimate of drug-likeness (QED) is 0.799. The Kier molecular flexibility index (Phi) is 5.99. The molecule has 2 aromatic rings. The van der Waals surface area contributed by atoms with Crippen LogP contribution in [0.2, 0.25) is 0 Å². The maximum atomic E-state index is 12.6. The Morgan fingerprint density at radius 1 is 1.12 bits per heavy atom. The molecule has 0 bridgehead atoms. The SMILES string of the molecule is CCC(C)c1ccc(S(=O)(=O)NCC2CCN(c3ccccc3)C2)cc1. The molecule has 0 aliphatic carbocycles. The molecule has 0 radical (unpaired) electrons. The second-order valence-electron chi connectivity index (χ2n) is 7.17. The summed E-state index contributed by atoms with van der Waals surface area (Å²) in [6, 6.07) is 17.6. The zero-order valence-corrected chi connectivity index (χ0v) is 16.4. The van der Waals surface area contributed by atoms with E-state index in [0.717, 1.165) is 25.9 Å². The summed E-state index contributed by atoms with van der Waals surface area (Å²) in [6.45, 7) is 6.63. The molecule has 2 aromatic carbocycles. The average molecular weight is 373 g/mol. The van der Waals surface area contributed by atoms with Crippen LogP contribution in [-0.4, -0.2) is 28.1 Å². The van der Waals surface area contributed by atoms with Gasteiger partial charge in [-0.2, -0.15) is 0 Å². The van der Waals surface area contributed by atoms with E-state index in [1.54, 1.807) is 12.1 Å². The number of hydrogen-bond acceptors (Lipinski definition) is 3. The topological polar surface area (TPSA) is 49.4 Å². The van der Waals surface area contributed by atoms with Crippen molar-refractivity contribution in [1.29, 1.82) is 0 Å². The summed E-state index contributed by atoms with van der Waals surface area (Å²) in [5.74, 6) is 0.784. The largest absolute Gasteiger partial charge is 0.371 e. The minimum atomic E-state index is -3.45.